The Balaban J connectivity index is 2.26. The largest absolute Gasteiger partial charge is 0.374 e. The molecular formula is C22H34N6O6. The molecule has 1 aromatic carbocycles. The molecule has 2 N–H and O–H groups in total. The van der Waals surface area contributed by atoms with Crippen LogP contribution in [-0.4, -0.2) is 40.9 Å². The van der Waals surface area contributed by atoms with E-state index in [9.17, 15) is 30.3 Å². The first-order chi connectivity index (χ1) is 16.1. The topological polar surface area (TPSA) is 157 Å². The minimum Gasteiger partial charge on any atom is -0.374 e. The second-order valence-corrected chi connectivity index (χ2v) is 9.90. The summed E-state index contributed by atoms with van der Waals surface area (Å²) in [5.74, 6) is 0. The fraction of sp³-hybridized carbons (Fsp3) is 0.727. The van der Waals surface area contributed by atoms with Gasteiger partial charge in [-0.05, 0) is 31.1 Å². The smallest absolute Gasteiger partial charge is 0.329 e. The van der Waals surface area contributed by atoms with Crippen LogP contribution in [0.5, 0.6) is 0 Å². The number of hydrogen-bond donors (Lipinski definition) is 2. The molecule has 1 aromatic rings. The Labute approximate surface area is 198 Å². The molecule has 0 aliphatic carbocycles. The lowest BCUT2D eigenvalue weighted by molar-refractivity contribution is -0.399. The quantitative estimate of drug-likeness (QED) is 0.415. The summed E-state index contributed by atoms with van der Waals surface area (Å²) in [5.41, 5.74) is -2.44. The number of hydrogen-bond acceptors (Lipinski definition) is 9. The summed E-state index contributed by atoms with van der Waals surface area (Å²) >= 11 is 0. The summed E-state index contributed by atoms with van der Waals surface area (Å²) in [6, 6.07) is 0. The summed E-state index contributed by atoms with van der Waals surface area (Å²) in [5, 5.41) is 42.6. The number of nitrogens with one attached hydrogen (secondary N) is 2. The van der Waals surface area contributed by atoms with E-state index in [-0.39, 0.29) is 22.5 Å². The third-order valence-corrected chi connectivity index (χ3v) is 6.83. The third kappa shape index (κ3) is 5.65. The van der Waals surface area contributed by atoms with Crippen LogP contribution >= 0.6 is 0 Å². The minimum absolute atomic E-state index is 0.0107. The number of piperidine rings is 1. The van der Waals surface area contributed by atoms with Crippen molar-refractivity contribution in [2.45, 2.75) is 71.6 Å². The van der Waals surface area contributed by atoms with E-state index in [1.54, 1.807) is 4.90 Å². The van der Waals surface area contributed by atoms with Gasteiger partial charge in [0.25, 0.3) is 0 Å². The van der Waals surface area contributed by atoms with Crippen LogP contribution in [0, 0.1) is 35.8 Å². The van der Waals surface area contributed by atoms with E-state index in [1.165, 1.54) is 0 Å². The lowest BCUT2D eigenvalue weighted by atomic mass is 9.82. The van der Waals surface area contributed by atoms with Gasteiger partial charge in [0.15, 0.2) is 17.1 Å². The van der Waals surface area contributed by atoms with Crippen LogP contribution < -0.4 is 15.5 Å². The molecule has 2 heterocycles. The predicted molar refractivity (Wildman–Crippen MR) is 131 cm³/mol. The van der Waals surface area contributed by atoms with Crippen LogP contribution in [0.4, 0.5) is 34.1 Å². The molecule has 2 aliphatic heterocycles. The van der Waals surface area contributed by atoms with E-state index in [1.807, 2.05) is 0 Å². The Bertz CT molecular complexity index is 889. The van der Waals surface area contributed by atoms with Crippen LogP contribution in [0.2, 0.25) is 0 Å². The fourth-order valence-corrected chi connectivity index (χ4v) is 4.77. The van der Waals surface area contributed by atoms with E-state index in [2.05, 4.69) is 24.5 Å². The van der Waals surface area contributed by atoms with Gasteiger partial charge in [-0.1, -0.05) is 46.0 Å². The van der Waals surface area contributed by atoms with Crippen LogP contribution in [0.25, 0.3) is 0 Å². The van der Waals surface area contributed by atoms with Crippen molar-refractivity contribution in [3.05, 3.63) is 30.3 Å². The second-order valence-electron chi connectivity index (χ2n) is 9.90. The molecule has 188 valence electrons. The molecular weight excluding hydrogens is 444 g/mol. The van der Waals surface area contributed by atoms with Gasteiger partial charge in [-0.15, -0.1) is 0 Å². The Morgan fingerprint density at radius 1 is 0.676 bits per heavy atom. The molecule has 0 spiro atoms. The monoisotopic (exact) mass is 478 g/mol. The Morgan fingerprint density at radius 3 is 1.44 bits per heavy atom. The van der Waals surface area contributed by atoms with Gasteiger partial charge in [-0.25, -0.2) is 0 Å². The van der Waals surface area contributed by atoms with Crippen LogP contribution in [0.15, 0.2) is 0 Å². The van der Waals surface area contributed by atoms with Crippen molar-refractivity contribution >= 4 is 34.1 Å². The maximum atomic E-state index is 12.3. The van der Waals surface area contributed by atoms with Gasteiger partial charge in [-0.2, -0.15) is 0 Å². The van der Waals surface area contributed by atoms with Crippen molar-refractivity contribution in [1.82, 2.24) is 0 Å². The third-order valence-electron chi connectivity index (χ3n) is 6.83. The molecule has 34 heavy (non-hydrogen) atoms. The summed E-state index contributed by atoms with van der Waals surface area (Å²) in [7, 11) is 0. The summed E-state index contributed by atoms with van der Waals surface area (Å²) in [6.07, 6.45) is 7.72. The van der Waals surface area contributed by atoms with Gasteiger partial charge in [-0.3, -0.25) is 30.3 Å². The summed E-state index contributed by atoms with van der Waals surface area (Å²) in [4.78, 5) is 36.2. The molecule has 1 saturated heterocycles. The van der Waals surface area contributed by atoms with Crippen LogP contribution in [0.1, 0.15) is 71.6 Å². The standard InChI is InChI=1S/C22H34N6O6/c1-22(2)10-14-25(15-11-22)21-19(27(31)32)16-18(26(29)30)17(20(21)28(33)34)24-13-9-7-5-3-4-6-8-12-23-16/h23-24H,3-15H2,1-2H3. The van der Waals surface area contributed by atoms with E-state index in [4.69, 9.17) is 0 Å². The molecule has 0 amide bonds. The zero-order valence-corrected chi connectivity index (χ0v) is 19.9. The number of anilines is 3. The van der Waals surface area contributed by atoms with Gasteiger partial charge >= 0.3 is 17.1 Å². The lowest BCUT2D eigenvalue weighted by Gasteiger charge is -2.37. The van der Waals surface area contributed by atoms with E-state index in [0.29, 0.717) is 51.9 Å². The average molecular weight is 479 g/mol. The van der Waals surface area contributed by atoms with Crippen LogP contribution in [-0.2, 0) is 0 Å². The SMILES string of the molecule is CC1(C)CCN(c2c([N+](=O)[O-])c3c([N+](=O)[O-])c(c2[N+](=O)[O-])NCCCCCCCCCN3)CC1. The van der Waals surface area contributed by atoms with Crippen molar-refractivity contribution in [2.75, 3.05) is 41.7 Å². The highest BCUT2D eigenvalue weighted by molar-refractivity contribution is 6.00. The number of rotatable bonds is 4. The van der Waals surface area contributed by atoms with Crippen molar-refractivity contribution in [3.63, 3.8) is 0 Å². The summed E-state index contributed by atoms with van der Waals surface area (Å²) in [6.45, 7) is 5.59. The number of nitro benzene ring substituents is 3. The Hall–Kier alpha value is -3.18. The number of benzene rings is 1. The van der Waals surface area contributed by atoms with Crippen molar-refractivity contribution < 1.29 is 14.8 Å². The molecule has 2 aliphatic rings. The molecule has 1 fully saturated rings. The van der Waals surface area contributed by atoms with Crippen molar-refractivity contribution in [2.24, 2.45) is 5.41 Å². The molecule has 0 unspecified atom stereocenters. The zero-order chi connectivity index (χ0) is 24.9. The lowest BCUT2D eigenvalue weighted by Crippen LogP contribution is -2.38. The average Bonchev–Trinajstić information content (AvgIpc) is 2.75. The maximum Gasteiger partial charge on any atom is 0.329 e. The van der Waals surface area contributed by atoms with E-state index in [0.717, 1.165) is 32.1 Å². The Morgan fingerprint density at radius 2 is 1.06 bits per heavy atom. The van der Waals surface area contributed by atoms with Crippen molar-refractivity contribution in [3.8, 4) is 0 Å². The highest BCUT2D eigenvalue weighted by Gasteiger charge is 2.45. The van der Waals surface area contributed by atoms with Gasteiger partial charge in [0.1, 0.15) is 0 Å². The molecule has 3 rings (SSSR count). The summed E-state index contributed by atoms with van der Waals surface area (Å²) < 4.78 is 0. The number of fused-ring (bicyclic) bond motifs is 2. The number of nitro groups is 3. The van der Waals surface area contributed by atoms with Crippen LogP contribution in [0.3, 0.4) is 0 Å². The molecule has 12 nitrogen and oxygen atoms in total. The Kier molecular flexibility index (Phi) is 8.11. The second kappa shape index (κ2) is 10.8. The normalized spacial score (nSPS) is 19.3. The first kappa shape index (κ1) is 25.4. The first-order valence-electron chi connectivity index (χ1n) is 12.0. The molecule has 0 atom stereocenters. The number of nitrogens with zero attached hydrogens (tertiary/aromatic N) is 4. The first-order valence-corrected chi connectivity index (χ1v) is 12.0. The predicted octanol–water partition coefficient (Wildman–Crippen LogP) is 5.61. The van der Waals surface area contributed by atoms with Gasteiger partial charge in [0, 0.05) is 26.2 Å². The highest BCUT2D eigenvalue weighted by Crippen LogP contribution is 2.55. The molecule has 0 radical (unpaired) electrons. The molecule has 12 heteroatoms. The zero-order valence-electron chi connectivity index (χ0n) is 19.9. The van der Waals surface area contributed by atoms with E-state index < -0.39 is 31.8 Å². The maximum absolute atomic E-state index is 12.3. The van der Waals surface area contributed by atoms with Gasteiger partial charge in [0.05, 0.1) is 14.8 Å². The molecule has 2 bridgehead atoms. The molecule has 0 aromatic heterocycles. The van der Waals surface area contributed by atoms with Gasteiger partial charge in [0.2, 0.25) is 0 Å². The minimum atomic E-state index is -0.750. The molecule has 0 saturated carbocycles. The van der Waals surface area contributed by atoms with Gasteiger partial charge < -0.3 is 15.5 Å². The van der Waals surface area contributed by atoms with E-state index >= 15 is 0 Å². The van der Waals surface area contributed by atoms with Crippen molar-refractivity contribution in [1.29, 1.82) is 0 Å². The fourth-order valence-electron chi connectivity index (χ4n) is 4.77. The highest BCUT2D eigenvalue weighted by atomic mass is 16.6.